The van der Waals surface area contributed by atoms with Gasteiger partial charge in [-0.15, -0.1) is 11.8 Å². The maximum Gasteiger partial charge on any atom is 0.408 e. The van der Waals surface area contributed by atoms with Crippen LogP contribution >= 0.6 is 11.8 Å². The Balaban J connectivity index is 1.90. The van der Waals surface area contributed by atoms with E-state index in [2.05, 4.69) is 5.32 Å². The Morgan fingerprint density at radius 3 is 2.57 bits per heavy atom. The van der Waals surface area contributed by atoms with Crippen molar-refractivity contribution in [1.82, 2.24) is 5.32 Å². The summed E-state index contributed by atoms with van der Waals surface area (Å²) in [7, 11) is 0. The number of nitrogens with one attached hydrogen (secondary N) is 1. The fourth-order valence-corrected chi connectivity index (χ4v) is 3.60. The van der Waals surface area contributed by atoms with Gasteiger partial charge >= 0.3 is 12.1 Å². The predicted octanol–water partition coefficient (Wildman–Crippen LogP) is 3.25. The van der Waals surface area contributed by atoms with Crippen LogP contribution in [0.5, 0.6) is 0 Å². The van der Waals surface area contributed by atoms with Crippen LogP contribution in [0.3, 0.4) is 0 Å². The molecule has 0 radical (unpaired) electrons. The van der Waals surface area contributed by atoms with Gasteiger partial charge in [0.15, 0.2) is 0 Å². The fourth-order valence-electron chi connectivity index (χ4n) is 2.25. The minimum atomic E-state index is -0.498. The lowest BCUT2D eigenvalue weighted by molar-refractivity contribution is -0.137. The molecule has 0 spiro atoms. The highest BCUT2D eigenvalue weighted by molar-refractivity contribution is 8.06. The molecule has 1 saturated heterocycles. The number of benzene rings is 1. The molecule has 0 saturated carbocycles. The molecule has 0 aliphatic carbocycles. The number of carbonyl (C=O) groups excluding carboxylic acids is 2. The zero-order valence-corrected chi connectivity index (χ0v) is 14.3. The Morgan fingerprint density at radius 1 is 1.26 bits per heavy atom. The summed E-state index contributed by atoms with van der Waals surface area (Å²) in [6.07, 6.45) is 0.934. The van der Waals surface area contributed by atoms with Gasteiger partial charge in [0.25, 0.3) is 0 Å². The second-order valence-corrected chi connectivity index (χ2v) is 7.37. The lowest BCUT2D eigenvalue weighted by atomic mass is 10.0. The minimum Gasteiger partial charge on any atom is -0.463 e. The number of hydrogen-bond donors (Lipinski definition) is 1. The summed E-state index contributed by atoms with van der Waals surface area (Å²) in [5, 5.41) is 2.82. The molecular weight excluding hydrogens is 314 g/mol. The minimum absolute atomic E-state index is 0.190. The predicted molar refractivity (Wildman–Crippen MR) is 89.9 cm³/mol. The number of carbonyl (C=O) groups is 2. The number of esters is 1. The largest absolute Gasteiger partial charge is 0.463 e. The van der Waals surface area contributed by atoms with E-state index in [1.807, 2.05) is 44.2 Å². The Morgan fingerprint density at radius 2 is 1.96 bits per heavy atom. The van der Waals surface area contributed by atoms with Crippen LogP contribution in [0.1, 0.15) is 26.3 Å². The standard InChI is InChI=1S/C17H21NO4S/c1-4-21-14(19)10-13-15(17(2,3)23-13)18-16(20)22-11-12-8-6-5-7-9-12/h5-10,15H,4,11H2,1-3H3,(H,18,20)/b13-10-/t15-/m0/s1. The number of hydrogen-bond acceptors (Lipinski definition) is 5. The van der Waals surface area contributed by atoms with Gasteiger partial charge in [-0.05, 0) is 26.3 Å². The molecule has 23 heavy (non-hydrogen) atoms. The second kappa shape index (κ2) is 7.55. The molecule has 0 bridgehead atoms. The van der Waals surface area contributed by atoms with Crippen molar-refractivity contribution in [1.29, 1.82) is 0 Å². The van der Waals surface area contributed by atoms with Crippen LogP contribution in [0.2, 0.25) is 0 Å². The fraction of sp³-hybridized carbons (Fsp3) is 0.412. The van der Waals surface area contributed by atoms with E-state index in [1.54, 1.807) is 6.92 Å². The van der Waals surface area contributed by atoms with E-state index in [9.17, 15) is 9.59 Å². The monoisotopic (exact) mass is 335 g/mol. The van der Waals surface area contributed by atoms with Crippen LogP contribution in [-0.4, -0.2) is 29.5 Å². The molecule has 1 fully saturated rings. The molecule has 2 rings (SSSR count). The van der Waals surface area contributed by atoms with Gasteiger partial charge in [0.2, 0.25) is 0 Å². The van der Waals surface area contributed by atoms with Gasteiger partial charge in [0.1, 0.15) is 6.61 Å². The van der Waals surface area contributed by atoms with E-state index in [0.717, 1.165) is 10.5 Å². The number of ether oxygens (including phenoxy) is 2. The molecule has 0 aromatic heterocycles. The number of amides is 1. The van der Waals surface area contributed by atoms with E-state index in [0.29, 0.717) is 6.61 Å². The number of rotatable bonds is 5. The lowest BCUT2D eigenvalue weighted by Crippen LogP contribution is -2.55. The summed E-state index contributed by atoms with van der Waals surface area (Å²) in [4.78, 5) is 24.3. The van der Waals surface area contributed by atoms with Gasteiger partial charge in [-0.25, -0.2) is 9.59 Å². The van der Waals surface area contributed by atoms with Crippen LogP contribution in [0.25, 0.3) is 0 Å². The first-order valence-corrected chi connectivity index (χ1v) is 8.28. The molecule has 1 amide bonds. The molecule has 1 aromatic carbocycles. The van der Waals surface area contributed by atoms with Crippen molar-refractivity contribution in [2.24, 2.45) is 0 Å². The molecule has 1 aliphatic rings. The van der Waals surface area contributed by atoms with Gasteiger partial charge in [-0.2, -0.15) is 0 Å². The average molecular weight is 335 g/mol. The third-order valence-electron chi connectivity index (χ3n) is 3.38. The molecule has 1 heterocycles. The maximum absolute atomic E-state index is 12.0. The van der Waals surface area contributed by atoms with Gasteiger partial charge in [-0.1, -0.05) is 30.3 Å². The molecule has 5 nitrogen and oxygen atoms in total. The molecular formula is C17H21NO4S. The summed E-state index contributed by atoms with van der Waals surface area (Å²) in [6, 6.07) is 9.22. The third-order valence-corrected chi connectivity index (χ3v) is 4.73. The molecule has 1 N–H and O–H groups in total. The highest BCUT2D eigenvalue weighted by atomic mass is 32.2. The van der Waals surface area contributed by atoms with Crippen molar-refractivity contribution in [3.63, 3.8) is 0 Å². The normalized spacial score (nSPS) is 20.5. The first-order chi connectivity index (χ1) is 10.9. The average Bonchev–Trinajstić information content (AvgIpc) is 2.51. The van der Waals surface area contributed by atoms with E-state index < -0.39 is 12.1 Å². The highest BCUT2D eigenvalue weighted by Crippen LogP contribution is 2.49. The Labute approximate surface area is 140 Å². The van der Waals surface area contributed by atoms with Crippen molar-refractivity contribution in [3.8, 4) is 0 Å². The summed E-state index contributed by atoms with van der Waals surface area (Å²) in [5.41, 5.74) is 0.923. The van der Waals surface area contributed by atoms with Crippen molar-refractivity contribution < 1.29 is 19.1 Å². The second-order valence-electron chi connectivity index (χ2n) is 5.64. The zero-order chi connectivity index (χ0) is 16.9. The molecule has 1 aliphatic heterocycles. The van der Waals surface area contributed by atoms with Crippen molar-refractivity contribution in [3.05, 3.63) is 46.9 Å². The first-order valence-electron chi connectivity index (χ1n) is 7.47. The molecule has 1 aromatic rings. The molecule has 0 unspecified atom stereocenters. The topological polar surface area (TPSA) is 64.6 Å². The first kappa shape index (κ1) is 17.4. The molecule has 6 heteroatoms. The molecule has 1 atom stereocenters. The van der Waals surface area contributed by atoms with Gasteiger partial charge < -0.3 is 14.8 Å². The van der Waals surface area contributed by atoms with Gasteiger partial charge in [-0.3, -0.25) is 0 Å². The van der Waals surface area contributed by atoms with Gasteiger partial charge in [0.05, 0.1) is 12.6 Å². The van der Waals surface area contributed by atoms with E-state index in [-0.39, 0.29) is 17.4 Å². The third kappa shape index (κ3) is 4.76. The Bertz CT molecular complexity index is 598. The Hall–Kier alpha value is -1.95. The highest BCUT2D eigenvalue weighted by Gasteiger charge is 2.46. The lowest BCUT2D eigenvalue weighted by Gasteiger charge is -2.45. The summed E-state index contributed by atoms with van der Waals surface area (Å²) in [5.74, 6) is -0.394. The van der Waals surface area contributed by atoms with Gasteiger partial charge in [0, 0.05) is 15.7 Å². The molecule has 124 valence electrons. The van der Waals surface area contributed by atoms with Crippen LogP contribution in [0.4, 0.5) is 4.79 Å². The zero-order valence-electron chi connectivity index (χ0n) is 13.5. The SMILES string of the molecule is CCOC(=O)/C=C1\SC(C)(C)[C@H]1NC(=O)OCc1ccccc1. The van der Waals surface area contributed by atoms with E-state index in [1.165, 1.54) is 17.8 Å². The van der Waals surface area contributed by atoms with Crippen molar-refractivity contribution in [2.75, 3.05) is 6.61 Å². The van der Waals surface area contributed by atoms with Crippen LogP contribution in [0, 0.1) is 0 Å². The Kier molecular flexibility index (Phi) is 5.71. The van der Waals surface area contributed by atoms with Crippen LogP contribution in [0.15, 0.2) is 41.3 Å². The maximum atomic E-state index is 12.0. The van der Waals surface area contributed by atoms with E-state index >= 15 is 0 Å². The van der Waals surface area contributed by atoms with Crippen molar-refractivity contribution >= 4 is 23.8 Å². The summed E-state index contributed by atoms with van der Waals surface area (Å²) >= 11 is 1.54. The van der Waals surface area contributed by atoms with Crippen molar-refractivity contribution in [2.45, 2.75) is 38.2 Å². The number of alkyl carbamates (subject to hydrolysis) is 1. The van der Waals surface area contributed by atoms with Crippen LogP contribution < -0.4 is 5.32 Å². The quantitative estimate of drug-likeness (QED) is 0.661. The number of thioether (sulfide) groups is 1. The van der Waals surface area contributed by atoms with Crippen LogP contribution in [-0.2, 0) is 20.9 Å². The summed E-state index contributed by atoms with van der Waals surface area (Å²) in [6.45, 7) is 6.30. The smallest absolute Gasteiger partial charge is 0.408 e. The van der Waals surface area contributed by atoms with E-state index in [4.69, 9.17) is 9.47 Å². The summed E-state index contributed by atoms with van der Waals surface area (Å²) < 4.78 is 9.94.